The predicted octanol–water partition coefficient (Wildman–Crippen LogP) is 5.22. The molecule has 1 amide bonds. The summed E-state index contributed by atoms with van der Waals surface area (Å²) >= 11 is 15.7. The number of para-hydroxylation sites is 1. The molecule has 23 heavy (non-hydrogen) atoms. The zero-order valence-electron chi connectivity index (χ0n) is 12.1. The minimum absolute atomic E-state index is 0.303. The highest BCUT2D eigenvalue weighted by Gasteiger charge is 2.20. The molecule has 1 N–H and O–H groups in total. The number of halogens is 3. The summed E-state index contributed by atoms with van der Waals surface area (Å²) in [5.41, 5.74) is 2.29. The van der Waals surface area contributed by atoms with Crippen molar-refractivity contribution in [3.8, 4) is 0 Å². The summed E-state index contributed by atoms with van der Waals surface area (Å²) in [4.78, 5) is 17.3. The number of rotatable bonds is 3. The lowest BCUT2D eigenvalue weighted by Crippen LogP contribution is -2.16. The highest BCUT2D eigenvalue weighted by Crippen LogP contribution is 2.30. The third kappa shape index (κ3) is 3.09. The number of hydrogen-bond acceptors (Lipinski definition) is 2. The monoisotopic (exact) mass is 411 g/mol. The van der Waals surface area contributed by atoms with Crippen molar-refractivity contribution in [3.05, 3.63) is 62.4 Å². The smallest absolute Gasteiger partial charge is 0.274 e. The Balaban J connectivity index is 2.09. The maximum Gasteiger partial charge on any atom is 0.274 e. The Morgan fingerprint density at radius 3 is 2.61 bits per heavy atom. The zero-order chi connectivity index (χ0) is 16.6. The zero-order valence-corrected chi connectivity index (χ0v) is 15.2. The van der Waals surface area contributed by atoms with Crippen LogP contribution in [0.15, 0.2) is 41.0 Å². The Morgan fingerprint density at radius 1 is 1.26 bits per heavy atom. The minimum atomic E-state index is -0.303. The van der Waals surface area contributed by atoms with Crippen LogP contribution in [-0.2, 0) is 6.42 Å². The van der Waals surface area contributed by atoms with E-state index >= 15 is 0 Å². The van der Waals surface area contributed by atoms with E-state index in [0.29, 0.717) is 39.2 Å². The van der Waals surface area contributed by atoms with Gasteiger partial charge in [-0.3, -0.25) is 9.20 Å². The number of carbonyl (C=O) groups is 1. The lowest BCUT2D eigenvalue weighted by Gasteiger charge is -2.10. The second-order valence-corrected chi connectivity index (χ2v) is 6.62. The molecule has 7 heteroatoms. The molecule has 3 aromatic rings. The molecular formula is C16H12BrCl2N3O. The Morgan fingerprint density at radius 2 is 1.96 bits per heavy atom. The predicted molar refractivity (Wildman–Crippen MR) is 96.7 cm³/mol. The Kier molecular flexibility index (Phi) is 4.62. The first-order valence-corrected chi connectivity index (χ1v) is 8.48. The normalized spacial score (nSPS) is 11.0. The quantitative estimate of drug-likeness (QED) is 0.641. The van der Waals surface area contributed by atoms with E-state index in [2.05, 4.69) is 26.2 Å². The van der Waals surface area contributed by atoms with Gasteiger partial charge in [-0.25, -0.2) is 4.98 Å². The van der Waals surface area contributed by atoms with Crippen molar-refractivity contribution >= 4 is 56.4 Å². The molecule has 0 aliphatic rings. The van der Waals surface area contributed by atoms with E-state index in [4.69, 9.17) is 23.2 Å². The van der Waals surface area contributed by atoms with Crippen LogP contribution in [0.5, 0.6) is 0 Å². The number of carbonyl (C=O) groups excluding carboxylic acids is 1. The fraction of sp³-hybridized carbons (Fsp3) is 0.125. The average molecular weight is 413 g/mol. The number of amides is 1. The molecule has 0 unspecified atom stereocenters. The van der Waals surface area contributed by atoms with Crippen molar-refractivity contribution < 1.29 is 4.79 Å². The first-order valence-electron chi connectivity index (χ1n) is 6.93. The van der Waals surface area contributed by atoms with E-state index in [-0.39, 0.29) is 5.91 Å². The molecule has 3 rings (SSSR count). The Bertz CT molecular complexity index is 887. The lowest BCUT2D eigenvalue weighted by atomic mass is 10.2. The molecule has 0 spiro atoms. The van der Waals surface area contributed by atoms with Crippen LogP contribution in [0.25, 0.3) is 5.65 Å². The van der Waals surface area contributed by atoms with Gasteiger partial charge in [-0.15, -0.1) is 0 Å². The largest absolute Gasteiger partial charge is 0.318 e. The van der Waals surface area contributed by atoms with E-state index in [1.807, 2.05) is 25.3 Å². The first kappa shape index (κ1) is 16.3. The van der Waals surface area contributed by atoms with Gasteiger partial charge >= 0.3 is 0 Å². The van der Waals surface area contributed by atoms with Crippen LogP contribution in [-0.4, -0.2) is 15.3 Å². The van der Waals surface area contributed by atoms with E-state index in [9.17, 15) is 4.79 Å². The molecule has 0 aliphatic carbocycles. The molecule has 0 saturated carbocycles. The number of imidazole rings is 1. The maximum absolute atomic E-state index is 12.8. The molecule has 0 saturated heterocycles. The van der Waals surface area contributed by atoms with Gasteiger partial charge in [0.25, 0.3) is 5.91 Å². The van der Waals surface area contributed by atoms with Crippen LogP contribution in [0, 0.1) is 0 Å². The lowest BCUT2D eigenvalue weighted by molar-refractivity contribution is 0.102. The second kappa shape index (κ2) is 6.51. The van der Waals surface area contributed by atoms with Crippen molar-refractivity contribution in [2.45, 2.75) is 13.3 Å². The standard InChI is InChI=1S/C16H12BrCl2N3O/c1-2-12-15(22-8-9(17)6-7-13(22)20-12)16(23)21-14-10(18)4-3-5-11(14)19/h3-8H,2H2,1H3,(H,21,23). The number of fused-ring (bicyclic) bond motifs is 1. The van der Waals surface area contributed by atoms with Crippen LogP contribution >= 0.6 is 39.1 Å². The fourth-order valence-corrected chi connectivity index (χ4v) is 3.17. The Labute approximate surface area is 151 Å². The second-order valence-electron chi connectivity index (χ2n) is 4.89. The highest BCUT2D eigenvalue weighted by molar-refractivity contribution is 9.10. The van der Waals surface area contributed by atoms with Crippen LogP contribution in [0.2, 0.25) is 10.0 Å². The van der Waals surface area contributed by atoms with Crippen molar-refractivity contribution in [2.75, 3.05) is 5.32 Å². The Hall–Kier alpha value is -1.56. The number of hydrogen-bond donors (Lipinski definition) is 1. The van der Waals surface area contributed by atoms with Gasteiger partial charge in [0.15, 0.2) is 0 Å². The topological polar surface area (TPSA) is 46.4 Å². The van der Waals surface area contributed by atoms with Gasteiger partial charge in [-0.1, -0.05) is 36.2 Å². The van der Waals surface area contributed by atoms with Crippen molar-refractivity contribution in [1.82, 2.24) is 9.38 Å². The summed E-state index contributed by atoms with van der Waals surface area (Å²) in [5.74, 6) is -0.303. The number of nitrogens with zero attached hydrogens (tertiary/aromatic N) is 2. The fourth-order valence-electron chi connectivity index (χ4n) is 2.34. The summed E-state index contributed by atoms with van der Waals surface area (Å²) in [6.07, 6.45) is 2.45. The summed E-state index contributed by atoms with van der Waals surface area (Å²) < 4.78 is 2.61. The number of pyridine rings is 1. The molecule has 118 valence electrons. The minimum Gasteiger partial charge on any atom is -0.318 e. The SMILES string of the molecule is CCc1nc2ccc(Br)cn2c1C(=O)Nc1c(Cl)cccc1Cl. The number of aryl methyl sites for hydroxylation is 1. The van der Waals surface area contributed by atoms with E-state index in [0.717, 1.165) is 4.47 Å². The van der Waals surface area contributed by atoms with Gasteiger partial charge in [0, 0.05) is 10.7 Å². The van der Waals surface area contributed by atoms with Gasteiger partial charge in [-0.2, -0.15) is 0 Å². The maximum atomic E-state index is 12.8. The van der Waals surface area contributed by atoms with Gasteiger partial charge in [0.05, 0.1) is 21.4 Å². The van der Waals surface area contributed by atoms with Crippen LogP contribution in [0.3, 0.4) is 0 Å². The molecule has 0 fully saturated rings. The number of benzene rings is 1. The number of nitrogens with one attached hydrogen (secondary N) is 1. The summed E-state index contributed by atoms with van der Waals surface area (Å²) in [6, 6.07) is 8.81. The molecule has 1 aromatic carbocycles. The third-order valence-corrected chi connectivity index (χ3v) is 4.50. The van der Waals surface area contributed by atoms with Crippen molar-refractivity contribution in [1.29, 1.82) is 0 Å². The third-order valence-electron chi connectivity index (χ3n) is 3.41. The van der Waals surface area contributed by atoms with Gasteiger partial charge < -0.3 is 5.32 Å². The molecule has 0 radical (unpaired) electrons. The van der Waals surface area contributed by atoms with Crippen LogP contribution in [0.1, 0.15) is 23.1 Å². The van der Waals surface area contributed by atoms with Crippen molar-refractivity contribution in [2.24, 2.45) is 0 Å². The first-order chi connectivity index (χ1) is 11.0. The number of anilines is 1. The summed E-state index contributed by atoms with van der Waals surface area (Å²) in [6.45, 7) is 1.95. The van der Waals surface area contributed by atoms with E-state index in [1.54, 1.807) is 22.6 Å². The molecule has 2 aromatic heterocycles. The summed E-state index contributed by atoms with van der Waals surface area (Å²) in [5, 5.41) is 3.56. The summed E-state index contributed by atoms with van der Waals surface area (Å²) in [7, 11) is 0. The average Bonchev–Trinajstić information content (AvgIpc) is 2.88. The van der Waals surface area contributed by atoms with Gasteiger partial charge in [0.2, 0.25) is 0 Å². The van der Waals surface area contributed by atoms with E-state index < -0.39 is 0 Å². The highest BCUT2D eigenvalue weighted by atomic mass is 79.9. The van der Waals surface area contributed by atoms with Crippen LogP contribution < -0.4 is 5.32 Å². The van der Waals surface area contributed by atoms with Gasteiger partial charge in [0.1, 0.15) is 11.3 Å². The molecule has 2 heterocycles. The van der Waals surface area contributed by atoms with Crippen LogP contribution in [0.4, 0.5) is 5.69 Å². The molecule has 0 atom stereocenters. The van der Waals surface area contributed by atoms with Crippen molar-refractivity contribution in [3.63, 3.8) is 0 Å². The van der Waals surface area contributed by atoms with Gasteiger partial charge in [-0.05, 0) is 46.6 Å². The molecule has 0 aliphatic heterocycles. The molecular weight excluding hydrogens is 401 g/mol. The number of aromatic nitrogens is 2. The van der Waals surface area contributed by atoms with E-state index in [1.165, 1.54) is 0 Å². The molecule has 4 nitrogen and oxygen atoms in total. The molecule has 0 bridgehead atoms.